The number of nitrogens with zero attached hydrogens (tertiary/aromatic N) is 2. The van der Waals surface area contributed by atoms with Crippen LogP contribution in [-0.2, 0) is 11.3 Å². The van der Waals surface area contributed by atoms with E-state index < -0.39 is 5.97 Å². The molecule has 1 aromatic rings. The number of benzene rings is 1. The van der Waals surface area contributed by atoms with Gasteiger partial charge in [0.2, 0.25) is 0 Å². The standard InChI is InChI=1S/C21H31N3O3/c1-23(21(27)22-18-11-9-17(10-12-18)20(25)26)19-8-5-13-24(15-19)14-16-6-3-2-4-7-16/h2-4,6-7,17-19H,5,8-15H2,1H3,(H,22,27)(H,25,26). The molecule has 0 radical (unpaired) electrons. The third kappa shape index (κ3) is 5.45. The maximum absolute atomic E-state index is 12.7. The quantitative estimate of drug-likeness (QED) is 0.832. The van der Waals surface area contributed by atoms with Gasteiger partial charge in [-0.05, 0) is 50.6 Å². The number of rotatable bonds is 5. The summed E-state index contributed by atoms with van der Waals surface area (Å²) in [7, 11) is 1.88. The summed E-state index contributed by atoms with van der Waals surface area (Å²) in [4.78, 5) is 28.0. The van der Waals surface area contributed by atoms with Gasteiger partial charge in [0.15, 0.2) is 0 Å². The molecule has 1 atom stereocenters. The van der Waals surface area contributed by atoms with Gasteiger partial charge in [-0.3, -0.25) is 9.69 Å². The van der Waals surface area contributed by atoms with E-state index in [2.05, 4.69) is 34.5 Å². The highest BCUT2D eigenvalue weighted by atomic mass is 16.4. The van der Waals surface area contributed by atoms with E-state index >= 15 is 0 Å². The first-order valence-electron chi connectivity index (χ1n) is 10.1. The number of carbonyl (C=O) groups excluding carboxylic acids is 1. The molecule has 2 aliphatic rings. The summed E-state index contributed by atoms with van der Waals surface area (Å²) in [6.45, 7) is 2.89. The second kappa shape index (κ2) is 9.22. The number of carbonyl (C=O) groups is 2. The minimum atomic E-state index is -0.711. The summed E-state index contributed by atoms with van der Waals surface area (Å²) in [5.74, 6) is -0.960. The van der Waals surface area contributed by atoms with Crippen LogP contribution in [0.1, 0.15) is 44.1 Å². The summed E-state index contributed by atoms with van der Waals surface area (Å²) < 4.78 is 0. The number of likely N-dealkylation sites (N-methyl/N-ethyl adjacent to an activating group) is 1. The van der Waals surface area contributed by atoms with Crippen molar-refractivity contribution in [2.24, 2.45) is 5.92 Å². The predicted octanol–water partition coefficient (Wildman–Crippen LogP) is 2.94. The van der Waals surface area contributed by atoms with E-state index in [0.717, 1.165) is 45.3 Å². The summed E-state index contributed by atoms with van der Waals surface area (Å²) in [5.41, 5.74) is 1.31. The highest BCUT2D eigenvalue weighted by Gasteiger charge is 2.30. The number of hydrogen-bond donors (Lipinski definition) is 2. The van der Waals surface area contributed by atoms with Gasteiger partial charge in [-0.15, -0.1) is 0 Å². The normalized spacial score (nSPS) is 26.3. The minimum Gasteiger partial charge on any atom is -0.481 e. The van der Waals surface area contributed by atoms with Crippen LogP contribution in [0.4, 0.5) is 4.79 Å². The third-order valence-corrected chi connectivity index (χ3v) is 6.00. The molecule has 1 aromatic carbocycles. The molecule has 0 bridgehead atoms. The Morgan fingerprint density at radius 2 is 1.85 bits per heavy atom. The summed E-state index contributed by atoms with van der Waals surface area (Å²) in [6, 6.07) is 10.7. The van der Waals surface area contributed by atoms with Crippen molar-refractivity contribution >= 4 is 12.0 Å². The molecule has 6 nitrogen and oxygen atoms in total. The van der Waals surface area contributed by atoms with Crippen molar-refractivity contribution in [1.82, 2.24) is 15.1 Å². The van der Waals surface area contributed by atoms with Gasteiger partial charge in [0, 0.05) is 32.2 Å². The van der Waals surface area contributed by atoms with Gasteiger partial charge in [-0.25, -0.2) is 4.79 Å². The lowest BCUT2D eigenvalue weighted by molar-refractivity contribution is -0.142. The molecule has 27 heavy (non-hydrogen) atoms. The minimum absolute atomic E-state index is 0.0275. The van der Waals surface area contributed by atoms with Crippen molar-refractivity contribution in [3.63, 3.8) is 0 Å². The lowest BCUT2D eigenvalue weighted by atomic mass is 9.86. The van der Waals surface area contributed by atoms with Crippen LogP contribution < -0.4 is 5.32 Å². The van der Waals surface area contributed by atoms with Crippen LogP contribution in [0.2, 0.25) is 0 Å². The zero-order valence-electron chi connectivity index (χ0n) is 16.1. The zero-order chi connectivity index (χ0) is 19.2. The zero-order valence-corrected chi connectivity index (χ0v) is 16.1. The van der Waals surface area contributed by atoms with Gasteiger partial charge in [-0.2, -0.15) is 0 Å². The number of nitrogens with one attached hydrogen (secondary N) is 1. The average Bonchev–Trinajstić information content (AvgIpc) is 2.69. The molecule has 1 heterocycles. The van der Waals surface area contributed by atoms with Crippen molar-refractivity contribution in [3.05, 3.63) is 35.9 Å². The Balaban J connectivity index is 1.47. The molecule has 1 unspecified atom stereocenters. The molecule has 2 amide bonds. The Hall–Kier alpha value is -2.08. The van der Waals surface area contributed by atoms with Crippen molar-refractivity contribution in [1.29, 1.82) is 0 Å². The molecule has 1 saturated heterocycles. The van der Waals surface area contributed by atoms with E-state index in [1.165, 1.54) is 5.56 Å². The van der Waals surface area contributed by atoms with Crippen LogP contribution in [0.5, 0.6) is 0 Å². The highest BCUT2D eigenvalue weighted by molar-refractivity contribution is 5.75. The molecule has 1 aliphatic heterocycles. The number of urea groups is 1. The van der Waals surface area contributed by atoms with Crippen LogP contribution in [0.15, 0.2) is 30.3 Å². The molecule has 148 valence electrons. The number of carboxylic acids is 1. The highest BCUT2D eigenvalue weighted by Crippen LogP contribution is 2.25. The number of likely N-dealkylation sites (tertiary alicyclic amines) is 1. The van der Waals surface area contributed by atoms with Crippen LogP contribution in [-0.4, -0.2) is 59.1 Å². The summed E-state index contributed by atoms with van der Waals surface area (Å²) >= 11 is 0. The average molecular weight is 373 g/mol. The molecule has 0 spiro atoms. The number of carboxylic acid groups (broad SMARTS) is 1. The molecule has 2 N–H and O–H groups in total. The smallest absolute Gasteiger partial charge is 0.317 e. The first-order chi connectivity index (χ1) is 13.0. The second-order valence-electron chi connectivity index (χ2n) is 7.96. The fourth-order valence-corrected chi connectivity index (χ4v) is 4.26. The molecule has 6 heteroatoms. The van der Waals surface area contributed by atoms with Gasteiger partial charge in [0.1, 0.15) is 0 Å². The predicted molar refractivity (Wildman–Crippen MR) is 104 cm³/mol. The van der Waals surface area contributed by atoms with E-state index in [1.54, 1.807) is 0 Å². The fourth-order valence-electron chi connectivity index (χ4n) is 4.26. The third-order valence-electron chi connectivity index (χ3n) is 6.00. The summed E-state index contributed by atoms with van der Waals surface area (Å²) in [6.07, 6.45) is 4.93. The van der Waals surface area contributed by atoms with Crippen molar-refractivity contribution in [2.75, 3.05) is 20.1 Å². The number of aliphatic carboxylic acids is 1. The molecule has 2 fully saturated rings. The van der Waals surface area contributed by atoms with E-state index in [4.69, 9.17) is 5.11 Å². The number of hydrogen-bond acceptors (Lipinski definition) is 3. The maximum atomic E-state index is 12.7. The maximum Gasteiger partial charge on any atom is 0.317 e. The Morgan fingerprint density at radius 3 is 2.52 bits per heavy atom. The van der Waals surface area contributed by atoms with Crippen molar-refractivity contribution in [3.8, 4) is 0 Å². The van der Waals surface area contributed by atoms with Gasteiger partial charge in [0.25, 0.3) is 0 Å². The Bertz CT molecular complexity index is 629. The Morgan fingerprint density at radius 1 is 1.15 bits per heavy atom. The number of piperidine rings is 1. The monoisotopic (exact) mass is 373 g/mol. The Kier molecular flexibility index (Phi) is 6.72. The second-order valence-corrected chi connectivity index (χ2v) is 7.96. The van der Waals surface area contributed by atoms with Gasteiger partial charge >= 0.3 is 12.0 Å². The van der Waals surface area contributed by atoms with Gasteiger partial charge in [0.05, 0.1) is 5.92 Å². The lowest BCUT2D eigenvalue weighted by Crippen LogP contribution is -2.53. The van der Waals surface area contributed by atoms with Crippen molar-refractivity contribution < 1.29 is 14.7 Å². The molecule has 3 rings (SSSR count). The number of amides is 2. The van der Waals surface area contributed by atoms with Crippen LogP contribution >= 0.6 is 0 Å². The van der Waals surface area contributed by atoms with Gasteiger partial charge < -0.3 is 15.3 Å². The SMILES string of the molecule is CN(C(=O)NC1CCC(C(=O)O)CC1)C1CCCN(Cc2ccccc2)C1. The van der Waals surface area contributed by atoms with Crippen LogP contribution in [0, 0.1) is 5.92 Å². The summed E-state index contributed by atoms with van der Waals surface area (Å²) in [5, 5.41) is 12.2. The molecular weight excluding hydrogens is 342 g/mol. The van der Waals surface area contributed by atoms with Crippen LogP contribution in [0.25, 0.3) is 0 Å². The molecule has 1 aliphatic carbocycles. The Labute approximate surface area is 161 Å². The van der Waals surface area contributed by atoms with E-state index in [9.17, 15) is 9.59 Å². The fraction of sp³-hybridized carbons (Fsp3) is 0.619. The molecule has 1 saturated carbocycles. The first-order valence-corrected chi connectivity index (χ1v) is 10.1. The molecular formula is C21H31N3O3. The van der Waals surface area contributed by atoms with Crippen LogP contribution in [0.3, 0.4) is 0 Å². The lowest BCUT2D eigenvalue weighted by Gasteiger charge is -2.38. The largest absolute Gasteiger partial charge is 0.481 e. The van der Waals surface area contributed by atoms with E-state index in [-0.39, 0.29) is 24.0 Å². The van der Waals surface area contributed by atoms with E-state index in [1.807, 2.05) is 18.0 Å². The first kappa shape index (κ1) is 19.7. The van der Waals surface area contributed by atoms with Crippen molar-refractivity contribution in [2.45, 2.75) is 57.2 Å². The van der Waals surface area contributed by atoms with Gasteiger partial charge in [-0.1, -0.05) is 30.3 Å². The topological polar surface area (TPSA) is 72.9 Å². The van der Waals surface area contributed by atoms with E-state index in [0.29, 0.717) is 12.8 Å². The molecule has 0 aromatic heterocycles.